The Hall–Kier alpha value is -0.610. The quantitative estimate of drug-likeness (QED) is 0.785. The van der Waals surface area contributed by atoms with Gasteiger partial charge in [-0.2, -0.15) is 0 Å². The minimum absolute atomic E-state index is 0.0396. The summed E-state index contributed by atoms with van der Waals surface area (Å²) in [6.07, 6.45) is 2.47. The monoisotopic (exact) mass is 241 g/mol. The normalized spacial score (nSPS) is 38.4. The van der Waals surface area contributed by atoms with Crippen molar-refractivity contribution in [1.82, 2.24) is 4.90 Å². The molecule has 0 aromatic rings. The molecule has 0 spiro atoms. The Kier molecular flexibility index (Phi) is 4.05. The maximum absolute atomic E-state index is 12.3. The minimum atomic E-state index is -0.234. The Morgan fingerprint density at radius 1 is 1.53 bits per heavy atom. The van der Waals surface area contributed by atoms with E-state index in [2.05, 4.69) is 6.92 Å². The molecule has 2 rings (SSSR count). The maximum atomic E-state index is 12.3. The van der Waals surface area contributed by atoms with E-state index < -0.39 is 0 Å². The van der Waals surface area contributed by atoms with Gasteiger partial charge in [0.25, 0.3) is 0 Å². The average molecular weight is 241 g/mol. The third-order valence-corrected chi connectivity index (χ3v) is 4.08. The first-order valence-electron chi connectivity index (χ1n) is 6.70. The van der Waals surface area contributed by atoms with Crippen molar-refractivity contribution in [2.75, 3.05) is 19.7 Å². The van der Waals surface area contributed by atoms with Crippen molar-refractivity contribution in [2.45, 2.75) is 45.3 Å². The zero-order valence-corrected chi connectivity index (χ0v) is 10.8. The van der Waals surface area contributed by atoms with E-state index in [9.17, 15) is 9.90 Å². The standard InChI is InChI=1S/C13H23NO3/c1-3-10-7-14(5-4-12(10)15)13(16)11-6-9(2)17-8-11/h9-12,15H,3-8H2,1-2H3. The third-order valence-electron chi connectivity index (χ3n) is 4.08. The predicted molar refractivity (Wildman–Crippen MR) is 64.5 cm³/mol. The molecule has 1 N–H and O–H groups in total. The Labute approximate surface area is 103 Å². The van der Waals surface area contributed by atoms with Crippen LogP contribution in [0.4, 0.5) is 0 Å². The second kappa shape index (κ2) is 5.36. The molecule has 4 unspecified atom stereocenters. The van der Waals surface area contributed by atoms with Crippen molar-refractivity contribution in [3.05, 3.63) is 0 Å². The van der Waals surface area contributed by atoms with Gasteiger partial charge in [-0.3, -0.25) is 4.79 Å². The summed E-state index contributed by atoms with van der Waals surface area (Å²) in [6, 6.07) is 0. The first-order chi connectivity index (χ1) is 8.11. The SMILES string of the molecule is CCC1CN(C(=O)C2COC(C)C2)CCC1O. The van der Waals surface area contributed by atoms with Crippen LogP contribution < -0.4 is 0 Å². The molecule has 98 valence electrons. The number of nitrogens with zero attached hydrogens (tertiary/aromatic N) is 1. The average Bonchev–Trinajstić information content (AvgIpc) is 2.75. The van der Waals surface area contributed by atoms with E-state index in [1.807, 2.05) is 11.8 Å². The predicted octanol–water partition coefficient (Wildman–Crippen LogP) is 1.03. The zero-order chi connectivity index (χ0) is 12.4. The number of carbonyl (C=O) groups is 1. The van der Waals surface area contributed by atoms with Gasteiger partial charge in [0, 0.05) is 19.0 Å². The minimum Gasteiger partial charge on any atom is -0.393 e. The van der Waals surface area contributed by atoms with Crippen LogP contribution in [0.2, 0.25) is 0 Å². The zero-order valence-electron chi connectivity index (χ0n) is 10.8. The fourth-order valence-electron chi connectivity index (χ4n) is 2.87. The molecule has 4 heteroatoms. The van der Waals surface area contributed by atoms with Crippen molar-refractivity contribution in [3.63, 3.8) is 0 Å². The Morgan fingerprint density at radius 3 is 2.88 bits per heavy atom. The summed E-state index contributed by atoms with van der Waals surface area (Å²) < 4.78 is 5.45. The molecule has 0 bridgehead atoms. The van der Waals surface area contributed by atoms with Gasteiger partial charge in [0.2, 0.25) is 5.91 Å². The summed E-state index contributed by atoms with van der Waals surface area (Å²) in [7, 11) is 0. The van der Waals surface area contributed by atoms with Gasteiger partial charge in [0.15, 0.2) is 0 Å². The van der Waals surface area contributed by atoms with E-state index in [1.165, 1.54) is 0 Å². The second-order valence-corrected chi connectivity index (χ2v) is 5.39. The molecular weight excluding hydrogens is 218 g/mol. The second-order valence-electron chi connectivity index (χ2n) is 5.39. The topological polar surface area (TPSA) is 49.8 Å². The van der Waals surface area contributed by atoms with Crippen molar-refractivity contribution >= 4 is 5.91 Å². The van der Waals surface area contributed by atoms with Crippen molar-refractivity contribution in [3.8, 4) is 0 Å². The van der Waals surface area contributed by atoms with Gasteiger partial charge in [0.1, 0.15) is 0 Å². The van der Waals surface area contributed by atoms with E-state index in [0.717, 1.165) is 12.8 Å². The van der Waals surface area contributed by atoms with Crippen LogP contribution in [0, 0.1) is 11.8 Å². The van der Waals surface area contributed by atoms with E-state index in [4.69, 9.17) is 4.74 Å². The molecule has 4 atom stereocenters. The number of amides is 1. The molecule has 2 fully saturated rings. The summed E-state index contributed by atoms with van der Waals surface area (Å²) >= 11 is 0. The number of piperidine rings is 1. The Morgan fingerprint density at radius 2 is 2.29 bits per heavy atom. The van der Waals surface area contributed by atoms with Gasteiger partial charge in [-0.1, -0.05) is 6.92 Å². The van der Waals surface area contributed by atoms with Crippen LogP contribution in [0.25, 0.3) is 0 Å². The summed E-state index contributed by atoms with van der Waals surface area (Å²) in [5, 5.41) is 9.81. The van der Waals surface area contributed by atoms with Gasteiger partial charge in [-0.05, 0) is 26.2 Å². The van der Waals surface area contributed by atoms with Crippen LogP contribution in [-0.4, -0.2) is 47.8 Å². The highest BCUT2D eigenvalue weighted by Crippen LogP contribution is 2.25. The summed E-state index contributed by atoms with van der Waals surface area (Å²) in [4.78, 5) is 14.2. The van der Waals surface area contributed by atoms with Crippen molar-refractivity contribution in [1.29, 1.82) is 0 Å². The maximum Gasteiger partial charge on any atom is 0.228 e. The lowest BCUT2D eigenvalue weighted by molar-refractivity contribution is -0.139. The fourth-order valence-corrected chi connectivity index (χ4v) is 2.87. The molecule has 2 aliphatic heterocycles. The van der Waals surface area contributed by atoms with Crippen molar-refractivity contribution in [2.24, 2.45) is 11.8 Å². The number of hydrogen-bond donors (Lipinski definition) is 1. The summed E-state index contributed by atoms with van der Waals surface area (Å²) in [6.45, 7) is 6.06. The van der Waals surface area contributed by atoms with Crippen LogP contribution in [0.5, 0.6) is 0 Å². The molecule has 1 amide bonds. The first kappa shape index (κ1) is 12.8. The highest BCUT2D eigenvalue weighted by Gasteiger charge is 2.35. The Balaban J connectivity index is 1.91. The smallest absolute Gasteiger partial charge is 0.228 e. The van der Waals surface area contributed by atoms with Gasteiger partial charge in [-0.15, -0.1) is 0 Å². The molecule has 0 saturated carbocycles. The lowest BCUT2D eigenvalue weighted by Crippen LogP contribution is -2.48. The van der Waals surface area contributed by atoms with Crippen LogP contribution in [0.1, 0.15) is 33.1 Å². The van der Waals surface area contributed by atoms with Gasteiger partial charge in [-0.25, -0.2) is 0 Å². The molecular formula is C13H23NO3. The van der Waals surface area contributed by atoms with E-state index in [0.29, 0.717) is 26.1 Å². The fraction of sp³-hybridized carbons (Fsp3) is 0.923. The number of rotatable bonds is 2. The molecule has 0 radical (unpaired) electrons. The molecule has 0 aromatic heterocycles. The number of aliphatic hydroxyl groups is 1. The number of hydrogen-bond acceptors (Lipinski definition) is 3. The lowest BCUT2D eigenvalue weighted by atomic mass is 9.91. The van der Waals surface area contributed by atoms with E-state index in [-0.39, 0.29) is 30.0 Å². The third kappa shape index (κ3) is 2.80. The highest BCUT2D eigenvalue weighted by molar-refractivity contribution is 5.79. The summed E-state index contributed by atoms with van der Waals surface area (Å²) in [5.41, 5.74) is 0. The van der Waals surface area contributed by atoms with Crippen LogP contribution in [-0.2, 0) is 9.53 Å². The first-order valence-corrected chi connectivity index (χ1v) is 6.70. The molecule has 17 heavy (non-hydrogen) atoms. The lowest BCUT2D eigenvalue weighted by Gasteiger charge is -2.36. The molecule has 2 heterocycles. The number of carbonyl (C=O) groups excluding carboxylic acids is 1. The van der Waals surface area contributed by atoms with Crippen LogP contribution >= 0.6 is 0 Å². The highest BCUT2D eigenvalue weighted by atomic mass is 16.5. The van der Waals surface area contributed by atoms with E-state index >= 15 is 0 Å². The van der Waals surface area contributed by atoms with Crippen molar-refractivity contribution < 1.29 is 14.6 Å². The van der Waals surface area contributed by atoms with Gasteiger partial charge < -0.3 is 14.7 Å². The molecule has 2 saturated heterocycles. The van der Waals surface area contributed by atoms with Gasteiger partial charge in [0.05, 0.1) is 24.7 Å². The largest absolute Gasteiger partial charge is 0.393 e. The molecule has 2 aliphatic rings. The number of ether oxygens (including phenoxy) is 1. The van der Waals surface area contributed by atoms with Crippen LogP contribution in [0.15, 0.2) is 0 Å². The number of aliphatic hydroxyl groups excluding tert-OH is 1. The van der Waals surface area contributed by atoms with Gasteiger partial charge >= 0.3 is 0 Å². The van der Waals surface area contributed by atoms with Crippen LogP contribution in [0.3, 0.4) is 0 Å². The summed E-state index contributed by atoms with van der Waals surface area (Å²) in [5.74, 6) is 0.505. The Bertz CT molecular complexity index is 282. The number of likely N-dealkylation sites (tertiary alicyclic amines) is 1. The molecule has 0 aromatic carbocycles. The molecule has 0 aliphatic carbocycles. The van der Waals surface area contributed by atoms with E-state index in [1.54, 1.807) is 0 Å². The molecule has 4 nitrogen and oxygen atoms in total.